The molecular weight excluding hydrogens is 809 g/mol. The van der Waals surface area contributed by atoms with E-state index < -0.39 is 59.3 Å². The fraction of sp³-hybridized carbons (Fsp3) is 0.489. The Morgan fingerprint density at radius 2 is 1.56 bits per heavy atom. The number of amides is 5. The minimum absolute atomic E-state index is 0.00495. The molecule has 0 saturated carbocycles. The maximum absolute atomic E-state index is 14.1. The minimum Gasteiger partial charge on any atom is -0.444 e. The summed E-state index contributed by atoms with van der Waals surface area (Å²) in [6.45, 7) is 15.2. The lowest BCUT2D eigenvalue weighted by atomic mass is 9.85. The monoisotopic (exact) mass is 870 g/mol. The molecule has 1 aliphatic heterocycles. The lowest BCUT2D eigenvalue weighted by Gasteiger charge is -2.35. The quantitative estimate of drug-likeness (QED) is 0.0834. The van der Waals surface area contributed by atoms with Crippen molar-refractivity contribution < 1.29 is 38.6 Å². The highest BCUT2D eigenvalue weighted by atomic mass is 32.1. The van der Waals surface area contributed by atoms with Crippen LogP contribution >= 0.6 is 11.3 Å². The van der Waals surface area contributed by atoms with Crippen LogP contribution < -0.4 is 21.7 Å². The van der Waals surface area contributed by atoms with Gasteiger partial charge in [-0.05, 0) is 92.0 Å². The average molecular weight is 871 g/mol. The molecule has 1 aliphatic rings. The van der Waals surface area contributed by atoms with Crippen LogP contribution in [0.3, 0.4) is 0 Å². The van der Waals surface area contributed by atoms with E-state index in [2.05, 4.69) is 20.9 Å². The van der Waals surface area contributed by atoms with Gasteiger partial charge in [0, 0.05) is 32.4 Å². The summed E-state index contributed by atoms with van der Waals surface area (Å²) in [5.41, 5.74) is 10.6. The number of rotatable bonds is 17. The van der Waals surface area contributed by atoms with Crippen LogP contribution in [-0.2, 0) is 48.2 Å². The SMILES string of the molecule is Cc1ncsc1-c1ccc(CNC(=O)[C@@H]2C[C@@H](O)CN2C(=O)[C@@H](NC(=O)CCc2ccc3cc(CO[C@H](C)[C@H](CCC(N)=O)NC(=O)OC(C)(C)C)ccc3c2)C(C)(C)C)cc1. The molecule has 14 nitrogen and oxygen atoms in total. The number of aliphatic hydroxyl groups excluding tert-OH is 1. The third-order valence-corrected chi connectivity index (χ3v) is 11.8. The number of carbonyl (C=O) groups is 5. The van der Waals surface area contributed by atoms with Gasteiger partial charge in [0.1, 0.15) is 17.7 Å². The highest BCUT2D eigenvalue weighted by Crippen LogP contribution is 2.29. The number of benzene rings is 3. The second kappa shape index (κ2) is 20.7. The van der Waals surface area contributed by atoms with E-state index in [1.165, 1.54) is 4.90 Å². The van der Waals surface area contributed by atoms with E-state index in [0.29, 0.717) is 12.8 Å². The van der Waals surface area contributed by atoms with Gasteiger partial charge in [-0.3, -0.25) is 19.2 Å². The summed E-state index contributed by atoms with van der Waals surface area (Å²) in [6.07, 6.45) is -0.848. The van der Waals surface area contributed by atoms with Crippen molar-refractivity contribution in [3.8, 4) is 10.4 Å². The molecule has 1 fully saturated rings. The van der Waals surface area contributed by atoms with E-state index in [4.69, 9.17) is 15.2 Å². The second-order valence-corrected chi connectivity index (χ2v) is 19.1. The predicted molar refractivity (Wildman–Crippen MR) is 240 cm³/mol. The Bertz CT molecular complexity index is 2210. The van der Waals surface area contributed by atoms with E-state index in [1.807, 2.05) is 101 Å². The Morgan fingerprint density at radius 1 is 0.919 bits per heavy atom. The maximum Gasteiger partial charge on any atom is 0.407 e. The Balaban J connectivity index is 1.15. The number of hydrogen-bond acceptors (Lipinski definition) is 10. The van der Waals surface area contributed by atoms with E-state index in [-0.39, 0.29) is 50.8 Å². The Morgan fingerprint density at radius 3 is 2.18 bits per heavy atom. The standard InChI is InChI=1S/C47H62N6O8S/c1-28-41(62-27-50-28)33-14-10-31(11-15-33)24-49-43(57)38-23-36(54)25-53(38)44(58)42(46(3,4)5)52-40(56)20-13-30-9-16-35-22-32(12-17-34(35)21-30)26-60-29(2)37(18-19-39(48)55)51-45(59)61-47(6,7)8/h9-12,14-17,21-22,27,29,36-38,42,54H,13,18-20,23-26H2,1-8H3,(H2,48,55)(H,49,57)(H,51,59)(H,52,56)/t29-,36-,37+,38+,42-/m1/s1. The summed E-state index contributed by atoms with van der Waals surface area (Å²) in [4.78, 5) is 71.8. The zero-order valence-electron chi connectivity index (χ0n) is 37.1. The van der Waals surface area contributed by atoms with E-state index in [9.17, 15) is 29.1 Å². The van der Waals surface area contributed by atoms with Crippen molar-refractivity contribution in [2.75, 3.05) is 6.54 Å². The van der Waals surface area contributed by atoms with Crippen LogP contribution in [0.25, 0.3) is 21.2 Å². The molecule has 1 saturated heterocycles. The largest absolute Gasteiger partial charge is 0.444 e. The lowest BCUT2D eigenvalue weighted by Crippen LogP contribution is -2.57. The van der Waals surface area contributed by atoms with Crippen molar-refractivity contribution in [1.82, 2.24) is 25.8 Å². The van der Waals surface area contributed by atoms with Gasteiger partial charge in [-0.25, -0.2) is 9.78 Å². The minimum atomic E-state index is -0.926. The number of hydrogen-bond donors (Lipinski definition) is 5. The molecule has 5 rings (SSSR count). The van der Waals surface area contributed by atoms with Gasteiger partial charge in [0.15, 0.2) is 0 Å². The van der Waals surface area contributed by atoms with Crippen molar-refractivity contribution in [2.45, 2.75) is 137 Å². The molecular formula is C47H62N6O8S. The van der Waals surface area contributed by atoms with Crippen LogP contribution in [0.2, 0.25) is 0 Å². The number of likely N-dealkylation sites (tertiary alicyclic amines) is 1. The fourth-order valence-electron chi connectivity index (χ4n) is 7.39. The third-order valence-electron chi connectivity index (χ3n) is 10.8. The molecule has 0 bridgehead atoms. The predicted octanol–water partition coefficient (Wildman–Crippen LogP) is 6.08. The van der Waals surface area contributed by atoms with Crippen LogP contribution in [0.5, 0.6) is 0 Å². The number of β-amino-alcohol motifs (C(OH)–C–C–N with tert-alkyl or cyclic N) is 1. The summed E-state index contributed by atoms with van der Waals surface area (Å²) < 4.78 is 11.5. The first kappa shape index (κ1) is 47.7. The van der Waals surface area contributed by atoms with Crippen molar-refractivity contribution in [2.24, 2.45) is 11.1 Å². The lowest BCUT2D eigenvalue weighted by molar-refractivity contribution is -0.144. The second-order valence-electron chi connectivity index (χ2n) is 18.2. The molecule has 4 aromatic rings. The molecule has 334 valence electrons. The zero-order chi connectivity index (χ0) is 45.4. The zero-order valence-corrected chi connectivity index (χ0v) is 37.9. The average Bonchev–Trinajstić information content (AvgIpc) is 3.82. The van der Waals surface area contributed by atoms with Gasteiger partial charge >= 0.3 is 6.09 Å². The first-order valence-corrected chi connectivity index (χ1v) is 22.0. The summed E-state index contributed by atoms with van der Waals surface area (Å²) >= 11 is 1.57. The van der Waals surface area contributed by atoms with Gasteiger partial charge in [0.2, 0.25) is 23.6 Å². The summed E-state index contributed by atoms with van der Waals surface area (Å²) in [6, 6.07) is 17.5. The first-order valence-electron chi connectivity index (χ1n) is 21.1. The number of aliphatic hydroxyl groups is 1. The number of aryl methyl sites for hydroxylation is 2. The molecule has 0 radical (unpaired) electrons. The normalized spacial score (nSPS) is 17.0. The molecule has 5 amide bonds. The topological polar surface area (TPSA) is 202 Å². The number of carbonyl (C=O) groups excluding carboxylic acids is 5. The van der Waals surface area contributed by atoms with Crippen LogP contribution in [0.4, 0.5) is 4.79 Å². The number of nitrogens with zero attached hydrogens (tertiary/aromatic N) is 2. The molecule has 2 heterocycles. The molecule has 15 heteroatoms. The number of nitrogens with two attached hydrogens (primary N) is 1. The number of alkyl carbamates (subject to hydrolysis) is 1. The number of ether oxygens (including phenoxy) is 2. The number of primary amides is 1. The Labute approximate surface area is 368 Å². The molecule has 3 aromatic carbocycles. The van der Waals surface area contributed by atoms with Crippen LogP contribution in [0, 0.1) is 12.3 Å². The highest BCUT2D eigenvalue weighted by molar-refractivity contribution is 7.13. The van der Waals surface area contributed by atoms with Crippen molar-refractivity contribution >= 4 is 51.8 Å². The maximum atomic E-state index is 14.1. The molecule has 62 heavy (non-hydrogen) atoms. The van der Waals surface area contributed by atoms with E-state index in [1.54, 1.807) is 32.1 Å². The molecule has 0 aliphatic carbocycles. The molecule has 0 spiro atoms. The summed E-state index contributed by atoms with van der Waals surface area (Å²) in [5, 5.41) is 21.3. The molecule has 5 atom stereocenters. The number of aromatic nitrogens is 1. The fourth-order valence-corrected chi connectivity index (χ4v) is 8.20. The summed E-state index contributed by atoms with van der Waals surface area (Å²) in [5.74, 6) is -1.54. The molecule has 1 aromatic heterocycles. The molecule has 6 N–H and O–H groups in total. The number of fused-ring (bicyclic) bond motifs is 1. The smallest absolute Gasteiger partial charge is 0.407 e. The van der Waals surface area contributed by atoms with E-state index >= 15 is 0 Å². The van der Waals surface area contributed by atoms with E-state index in [0.717, 1.165) is 43.6 Å². The van der Waals surface area contributed by atoms with Gasteiger partial charge < -0.3 is 41.2 Å². The third kappa shape index (κ3) is 13.6. The first-order chi connectivity index (χ1) is 29.2. The van der Waals surface area contributed by atoms with Gasteiger partial charge in [-0.1, -0.05) is 75.4 Å². The van der Waals surface area contributed by atoms with Gasteiger partial charge in [0.05, 0.1) is 40.9 Å². The van der Waals surface area contributed by atoms with Crippen LogP contribution in [-0.4, -0.2) is 87.2 Å². The Kier molecular flexibility index (Phi) is 15.9. The number of thiazole rings is 1. The van der Waals surface area contributed by atoms with Gasteiger partial charge in [0.25, 0.3) is 0 Å². The Hall–Kier alpha value is -5.38. The van der Waals surface area contributed by atoms with Crippen molar-refractivity contribution in [3.05, 3.63) is 88.6 Å². The molecule has 0 unspecified atom stereocenters. The van der Waals surface area contributed by atoms with Gasteiger partial charge in [-0.2, -0.15) is 0 Å². The van der Waals surface area contributed by atoms with Crippen molar-refractivity contribution in [3.63, 3.8) is 0 Å². The van der Waals surface area contributed by atoms with Crippen molar-refractivity contribution in [1.29, 1.82) is 0 Å². The van der Waals surface area contributed by atoms with Crippen LogP contribution in [0.1, 0.15) is 96.5 Å². The number of nitrogens with one attached hydrogen (secondary N) is 3. The van der Waals surface area contributed by atoms with Crippen LogP contribution in [0.15, 0.2) is 66.2 Å². The highest BCUT2D eigenvalue weighted by Gasteiger charge is 2.44. The summed E-state index contributed by atoms with van der Waals surface area (Å²) in [7, 11) is 0. The van der Waals surface area contributed by atoms with Gasteiger partial charge in [-0.15, -0.1) is 11.3 Å².